The predicted molar refractivity (Wildman–Crippen MR) is 59.7 cm³/mol. The third kappa shape index (κ3) is 2.83. The number of halogens is 1. The molecule has 78 valence electrons. The third-order valence-electron chi connectivity index (χ3n) is 1.85. The molecule has 3 nitrogen and oxygen atoms in total. The highest BCUT2D eigenvalue weighted by molar-refractivity contribution is 9.10. The van der Waals surface area contributed by atoms with Crippen LogP contribution >= 0.6 is 15.9 Å². The third-order valence-corrected chi connectivity index (χ3v) is 2.34. The van der Waals surface area contributed by atoms with E-state index in [9.17, 15) is 0 Å². The highest BCUT2D eigenvalue weighted by Crippen LogP contribution is 2.18. The van der Waals surface area contributed by atoms with Crippen molar-refractivity contribution < 1.29 is 9.15 Å². The fourth-order valence-corrected chi connectivity index (χ4v) is 1.56. The van der Waals surface area contributed by atoms with Crippen LogP contribution in [0.2, 0.25) is 0 Å². The van der Waals surface area contributed by atoms with E-state index in [0.29, 0.717) is 12.5 Å². The Hall–Kier alpha value is -1.29. The van der Waals surface area contributed by atoms with Gasteiger partial charge in [-0.2, -0.15) is 0 Å². The molecule has 0 spiro atoms. The topological polar surface area (TPSA) is 35.3 Å². The van der Waals surface area contributed by atoms with E-state index in [2.05, 4.69) is 20.9 Å². The molecular weight excluding hydrogens is 258 g/mol. The summed E-state index contributed by atoms with van der Waals surface area (Å²) in [7, 11) is 0. The lowest BCUT2D eigenvalue weighted by Crippen LogP contribution is -1.93. The smallest absolute Gasteiger partial charge is 0.191 e. The molecule has 15 heavy (non-hydrogen) atoms. The van der Waals surface area contributed by atoms with Gasteiger partial charge in [0, 0.05) is 11.4 Å². The van der Waals surface area contributed by atoms with Crippen LogP contribution in [-0.2, 0) is 6.61 Å². The number of aryl methyl sites for hydroxylation is 1. The first-order valence-corrected chi connectivity index (χ1v) is 5.33. The zero-order chi connectivity index (χ0) is 10.7. The van der Waals surface area contributed by atoms with Crippen molar-refractivity contribution in [1.82, 2.24) is 4.98 Å². The molecule has 0 fully saturated rings. The van der Waals surface area contributed by atoms with Crippen molar-refractivity contribution in [2.24, 2.45) is 0 Å². The lowest BCUT2D eigenvalue weighted by Gasteiger charge is -2.03. The minimum Gasteiger partial charge on any atom is -0.486 e. The van der Waals surface area contributed by atoms with Gasteiger partial charge in [-0.05, 0) is 18.2 Å². The van der Waals surface area contributed by atoms with Gasteiger partial charge < -0.3 is 9.15 Å². The van der Waals surface area contributed by atoms with Crippen molar-refractivity contribution in [1.29, 1.82) is 0 Å². The quantitative estimate of drug-likeness (QED) is 0.856. The van der Waals surface area contributed by atoms with Crippen LogP contribution < -0.4 is 4.74 Å². The van der Waals surface area contributed by atoms with Gasteiger partial charge in [0.25, 0.3) is 0 Å². The first-order chi connectivity index (χ1) is 7.24. The number of rotatable bonds is 3. The second-order valence-electron chi connectivity index (χ2n) is 3.09. The van der Waals surface area contributed by atoms with Crippen LogP contribution in [0, 0.1) is 6.92 Å². The Bertz CT molecular complexity index is 453. The largest absolute Gasteiger partial charge is 0.486 e. The van der Waals surface area contributed by atoms with Crippen LogP contribution in [0.15, 0.2) is 39.4 Å². The summed E-state index contributed by atoms with van der Waals surface area (Å²) in [6.45, 7) is 2.21. The molecular formula is C11H10BrNO2. The van der Waals surface area contributed by atoms with Gasteiger partial charge in [0.1, 0.15) is 12.4 Å². The molecule has 0 atom stereocenters. The maximum atomic E-state index is 5.52. The molecule has 0 unspecified atom stereocenters. The highest BCUT2D eigenvalue weighted by Gasteiger charge is 2.01. The van der Waals surface area contributed by atoms with E-state index in [-0.39, 0.29) is 0 Å². The molecule has 0 amide bonds. The predicted octanol–water partition coefficient (Wildman–Crippen LogP) is 3.32. The SMILES string of the molecule is Cc1ncc(COc2cccc(Br)c2)o1. The second-order valence-corrected chi connectivity index (χ2v) is 4.01. The average Bonchev–Trinajstić information content (AvgIpc) is 2.62. The van der Waals surface area contributed by atoms with E-state index in [1.165, 1.54) is 0 Å². The van der Waals surface area contributed by atoms with E-state index in [1.807, 2.05) is 31.2 Å². The number of nitrogens with zero attached hydrogens (tertiary/aromatic N) is 1. The Labute approximate surface area is 96.2 Å². The maximum Gasteiger partial charge on any atom is 0.191 e. The number of hydrogen-bond donors (Lipinski definition) is 0. The van der Waals surface area contributed by atoms with Crippen molar-refractivity contribution in [3.63, 3.8) is 0 Å². The van der Waals surface area contributed by atoms with Crippen molar-refractivity contribution in [3.05, 3.63) is 46.6 Å². The molecule has 4 heteroatoms. The summed E-state index contributed by atoms with van der Waals surface area (Å²) in [5.41, 5.74) is 0. The Balaban J connectivity index is 1.99. The molecule has 0 bridgehead atoms. The van der Waals surface area contributed by atoms with Crippen LogP contribution in [0.3, 0.4) is 0 Å². The number of oxazole rings is 1. The molecule has 0 aliphatic carbocycles. The zero-order valence-corrected chi connectivity index (χ0v) is 9.82. The van der Waals surface area contributed by atoms with Crippen LogP contribution in [0.1, 0.15) is 11.7 Å². The fourth-order valence-electron chi connectivity index (χ4n) is 1.18. The summed E-state index contributed by atoms with van der Waals surface area (Å²) in [6, 6.07) is 7.67. The van der Waals surface area contributed by atoms with Crippen LogP contribution in [-0.4, -0.2) is 4.98 Å². The van der Waals surface area contributed by atoms with Gasteiger partial charge in [-0.1, -0.05) is 22.0 Å². The number of benzene rings is 1. The van der Waals surface area contributed by atoms with E-state index in [1.54, 1.807) is 6.20 Å². The summed E-state index contributed by atoms with van der Waals surface area (Å²) >= 11 is 3.38. The lowest BCUT2D eigenvalue weighted by atomic mass is 10.3. The van der Waals surface area contributed by atoms with E-state index in [4.69, 9.17) is 9.15 Å². The molecule has 1 heterocycles. The molecule has 1 aromatic heterocycles. The molecule has 2 rings (SSSR count). The van der Waals surface area contributed by atoms with Gasteiger partial charge in [0.05, 0.1) is 6.20 Å². The van der Waals surface area contributed by atoms with Gasteiger partial charge >= 0.3 is 0 Å². The summed E-state index contributed by atoms with van der Waals surface area (Å²) in [6.07, 6.45) is 1.67. The molecule has 0 radical (unpaired) electrons. The van der Waals surface area contributed by atoms with Crippen LogP contribution in [0.25, 0.3) is 0 Å². The number of ether oxygens (including phenoxy) is 1. The highest BCUT2D eigenvalue weighted by atomic mass is 79.9. The number of hydrogen-bond acceptors (Lipinski definition) is 3. The molecule has 0 N–H and O–H groups in total. The Kier molecular flexibility index (Phi) is 3.06. The van der Waals surface area contributed by atoms with Crippen molar-refractivity contribution in [2.45, 2.75) is 13.5 Å². The Morgan fingerprint density at radius 1 is 1.47 bits per heavy atom. The van der Waals surface area contributed by atoms with E-state index >= 15 is 0 Å². The monoisotopic (exact) mass is 267 g/mol. The molecule has 0 aliphatic rings. The van der Waals surface area contributed by atoms with Gasteiger partial charge in [0.2, 0.25) is 0 Å². The Morgan fingerprint density at radius 3 is 3.00 bits per heavy atom. The summed E-state index contributed by atoms with van der Waals surface area (Å²) in [4.78, 5) is 3.99. The molecule has 1 aromatic carbocycles. The average molecular weight is 268 g/mol. The first kappa shape index (κ1) is 10.2. The van der Waals surface area contributed by atoms with Crippen molar-refractivity contribution in [2.75, 3.05) is 0 Å². The maximum absolute atomic E-state index is 5.52. The van der Waals surface area contributed by atoms with E-state index in [0.717, 1.165) is 16.0 Å². The molecule has 0 saturated heterocycles. The summed E-state index contributed by atoms with van der Waals surface area (Å²) in [5.74, 6) is 2.19. The van der Waals surface area contributed by atoms with E-state index < -0.39 is 0 Å². The molecule has 2 aromatic rings. The van der Waals surface area contributed by atoms with Crippen molar-refractivity contribution >= 4 is 15.9 Å². The standard InChI is InChI=1S/C11H10BrNO2/c1-8-13-6-11(15-8)7-14-10-4-2-3-9(12)5-10/h2-6H,7H2,1H3. The normalized spacial score (nSPS) is 10.3. The summed E-state index contributed by atoms with van der Waals surface area (Å²) in [5, 5.41) is 0. The van der Waals surface area contributed by atoms with Crippen LogP contribution in [0.4, 0.5) is 0 Å². The molecule has 0 saturated carbocycles. The van der Waals surface area contributed by atoms with Gasteiger partial charge in [-0.3, -0.25) is 0 Å². The zero-order valence-electron chi connectivity index (χ0n) is 8.24. The fraction of sp³-hybridized carbons (Fsp3) is 0.182. The second kappa shape index (κ2) is 4.49. The van der Waals surface area contributed by atoms with Crippen molar-refractivity contribution in [3.8, 4) is 5.75 Å². The van der Waals surface area contributed by atoms with Gasteiger partial charge in [-0.15, -0.1) is 0 Å². The van der Waals surface area contributed by atoms with Gasteiger partial charge in [-0.25, -0.2) is 4.98 Å². The summed E-state index contributed by atoms with van der Waals surface area (Å²) < 4.78 is 11.8. The van der Waals surface area contributed by atoms with Gasteiger partial charge in [0.15, 0.2) is 11.7 Å². The Morgan fingerprint density at radius 2 is 2.33 bits per heavy atom. The number of aromatic nitrogens is 1. The van der Waals surface area contributed by atoms with Crippen LogP contribution in [0.5, 0.6) is 5.75 Å². The first-order valence-electron chi connectivity index (χ1n) is 4.54. The molecule has 0 aliphatic heterocycles. The minimum atomic E-state index is 0.400. The minimum absolute atomic E-state index is 0.400. The lowest BCUT2D eigenvalue weighted by molar-refractivity contribution is 0.267.